The summed E-state index contributed by atoms with van der Waals surface area (Å²) in [5.41, 5.74) is 0.332. The molecule has 0 atom stereocenters. The summed E-state index contributed by atoms with van der Waals surface area (Å²) in [6, 6.07) is 4.07. The smallest absolute Gasteiger partial charge is 0.340 e. The highest BCUT2D eigenvalue weighted by molar-refractivity contribution is 6.36. The largest absolute Gasteiger partial charge is 0.465 e. The molecule has 3 rings (SSSR count). The first kappa shape index (κ1) is 12.7. The van der Waals surface area contributed by atoms with E-state index in [0.717, 1.165) is 6.07 Å². The van der Waals surface area contributed by atoms with E-state index in [1.807, 2.05) is 0 Å². The first-order chi connectivity index (χ1) is 9.61. The second kappa shape index (κ2) is 4.68. The summed E-state index contributed by atoms with van der Waals surface area (Å²) in [7, 11) is 1.23. The molecule has 20 heavy (non-hydrogen) atoms. The van der Waals surface area contributed by atoms with Crippen LogP contribution >= 0.6 is 11.6 Å². The summed E-state index contributed by atoms with van der Waals surface area (Å²) < 4.78 is 18.4. The van der Waals surface area contributed by atoms with Crippen molar-refractivity contribution in [1.29, 1.82) is 0 Å². The zero-order valence-corrected chi connectivity index (χ0v) is 11.1. The number of esters is 1. The van der Waals surface area contributed by atoms with Crippen LogP contribution in [0.5, 0.6) is 0 Å². The number of ether oxygens (including phenoxy) is 1. The minimum Gasteiger partial charge on any atom is -0.465 e. The molecule has 0 aliphatic carbocycles. The fourth-order valence-corrected chi connectivity index (χ4v) is 2.39. The van der Waals surface area contributed by atoms with Gasteiger partial charge >= 0.3 is 5.97 Å². The number of fused-ring (bicyclic) bond motifs is 3. The van der Waals surface area contributed by atoms with Gasteiger partial charge in [0.25, 0.3) is 0 Å². The molecular formula is C14H8ClFN2O2. The van der Waals surface area contributed by atoms with E-state index in [-0.39, 0.29) is 10.7 Å². The molecule has 2 aromatic heterocycles. The summed E-state index contributed by atoms with van der Waals surface area (Å²) in [4.78, 5) is 19.9. The van der Waals surface area contributed by atoms with Gasteiger partial charge in [0.15, 0.2) is 0 Å². The highest BCUT2D eigenvalue weighted by atomic mass is 35.5. The van der Waals surface area contributed by atoms with Crippen LogP contribution in [0.15, 0.2) is 30.6 Å². The Morgan fingerprint density at radius 3 is 2.85 bits per heavy atom. The van der Waals surface area contributed by atoms with E-state index in [1.165, 1.54) is 13.2 Å². The molecule has 0 saturated heterocycles. The number of aromatic nitrogens is 2. The predicted octanol–water partition coefficient (Wildman–Crippen LogP) is 3.36. The summed E-state index contributed by atoms with van der Waals surface area (Å²) in [6.45, 7) is 0. The van der Waals surface area contributed by atoms with Crippen molar-refractivity contribution >= 4 is 39.2 Å². The third kappa shape index (κ3) is 1.87. The molecule has 0 N–H and O–H groups in total. The molecule has 100 valence electrons. The van der Waals surface area contributed by atoms with E-state index in [0.29, 0.717) is 21.7 Å². The maximum absolute atomic E-state index is 13.7. The molecule has 6 heteroatoms. The molecule has 0 unspecified atom stereocenters. The molecule has 0 spiro atoms. The fraction of sp³-hybridized carbons (Fsp3) is 0.0714. The van der Waals surface area contributed by atoms with Crippen molar-refractivity contribution in [3.8, 4) is 0 Å². The number of rotatable bonds is 1. The van der Waals surface area contributed by atoms with Crippen LogP contribution in [-0.2, 0) is 4.74 Å². The van der Waals surface area contributed by atoms with Gasteiger partial charge in [0.05, 0.1) is 18.2 Å². The predicted molar refractivity (Wildman–Crippen MR) is 73.4 cm³/mol. The number of carbonyl (C=O) groups is 1. The van der Waals surface area contributed by atoms with Gasteiger partial charge in [0.2, 0.25) is 0 Å². The Morgan fingerprint density at radius 1 is 1.30 bits per heavy atom. The fourth-order valence-electron chi connectivity index (χ4n) is 2.14. The molecule has 3 aromatic rings. The molecule has 0 bridgehead atoms. The Kier molecular flexibility index (Phi) is 2.99. The van der Waals surface area contributed by atoms with Crippen LogP contribution in [0.3, 0.4) is 0 Å². The lowest BCUT2D eigenvalue weighted by Gasteiger charge is -2.08. The molecule has 0 amide bonds. The van der Waals surface area contributed by atoms with Gasteiger partial charge in [-0.2, -0.15) is 0 Å². The highest BCUT2D eigenvalue weighted by Gasteiger charge is 2.17. The van der Waals surface area contributed by atoms with E-state index in [9.17, 15) is 9.18 Å². The van der Waals surface area contributed by atoms with Gasteiger partial charge in [-0.15, -0.1) is 0 Å². The second-order valence-electron chi connectivity index (χ2n) is 4.16. The second-order valence-corrected chi connectivity index (χ2v) is 4.52. The van der Waals surface area contributed by atoms with Crippen LogP contribution in [-0.4, -0.2) is 23.0 Å². The lowest BCUT2D eigenvalue weighted by molar-refractivity contribution is 0.0602. The molecular weight excluding hydrogens is 283 g/mol. The van der Waals surface area contributed by atoms with E-state index in [2.05, 4.69) is 14.7 Å². The third-order valence-corrected chi connectivity index (χ3v) is 3.31. The molecule has 0 aliphatic heterocycles. The van der Waals surface area contributed by atoms with Gasteiger partial charge in [-0.1, -0.05) is 11.6 Å². The Morgan fingerprint density at radius 2 is 2.10 bits per heavy atom. The van der Waals surface area contributed by atoms with E-state index in [1.54, 1.807) is 18.5 Å². The Hall–Kier alpha value is -2.27. The van der Waals surface area contributed by atoms with E-state index >= 15 is 0 Å². The average Bonchev–Trinajstić information content (AvgIpc) is 2.47. The maximum Gasteiger partial charge on any atom is 0.340 e. The maximum atomic E-state index is 13.7. The molecule has 0 fully saturated rings. The topological polar surface area (TPSA) is 52.1 Å². The van der Waals surface area contributed by atoms with Crippen molar-refractivity contribution in [3.63, 3.8) is 0 Å². The lowest BCUT2D eigenvalue weighted by Crippen LogP contribution is -2.04. The van der Waals surface area contributed by atoms with Crippen molar-refractivity contribution in [2.24, 2.45) is 0 Å². The molecule has 2 heterocycles. The molecule has 4 nitrogen and oxygen atoms in total. The highest BCUT2D eigenvalue weighted by Crippen LogP contribution is 2.31. The monoisotopic (exact) mass is 290 g/mol. The quantitative estimate of drug-likeness (QED) is 0.392. The van der Waals surface area contributed by atoms with Crippen molar-refractivity contribution in [3.05, 3.63) is 47.1 Å². The number of hydrogen-bond acceptors (Lipinski definition) is 4. The minimum absolute atomic E-state index is 0.0372. The van der Waals surface area contributed by atoms with Crippen molar-refractivity contribution in [2.75, 3.05) is 7.11 Å². The Balaban J connectivity index is 2.53. The molecule has 0 aliphatic rings. The van der Waals surface area contributed by atoms with E-state index in [4.69, 9.17) is 11.6 Å². The minimum atomic E-state index is -0.665. The van der Waals surface area contributed by atoms with Crippen LogP contribution in [0.1, 0.15) is 10.4 Å². The van der Waals surface area contributed by atoms with Crippen molar-refractivity contribution in [1.82, 2.24) is 9.97 Å². The third-order valence-electron chi connectivity index (χ3n) is 3.02. The number of benzene rings is 1. The van der Waals surface area contributed by atoms with Gasteiger partial charge < -0.3 is 4.74 Å². The SMILES string of the molecule is COC(=O)c1cc(F)cc2c1nc(Cl)c1ccncc12. The zero-order chi connectivity index (χ0) is 14.3. The summed E-state index contributed by atoms with van der Waals surface area (Å²) in [6.07, 6.45) is 3.13. The molecule has 0 saturated carbocycles. The lowest BCUT2D eigenvalue weighted by atomic mass is 10.0. The standard InChI is InChI=1S/C14H8ClFN2O2/c1-20-14(19)10-5-7(16)4-9-11-6-17-3-2-8(11)13(15)18-12(9)10/h2-6H,1H3. The summed E-state index contributed by atoms with van der Waals surface area (Å²) >= 11 is 6.11. The Labute approximate surface area is 118 Å². The van der Waals surface area contributed by atoms with Crippen LogP contribution < -0.4 is 0 Å². The number of methoxy groups -OCH3 is 1. The van der Waals surface area contributed by atoms with Gasteiger partial charge in [0.1, 0.15) is 11.0 Å². The summed E-state index contributed by atoms with van der Waals surface area (Å²) in [5, 5.41) is 1.98. The van der Waals surface area contributed by atoms with Crippen molar-refractivity contribution < 1.29 is 13.9 Å². The van der Waals surface area contributed by atoms with Crippen LogP contribution in [0.4, 0.5) is 4.39 Å². The average molecular weight is 291 g/mol. The van der Waals surface area contributed by atoms with Gasteiger partial charge in [0, 0.05) is 28.6 Å². The first-order valence-corrected chi connectivity index (χ1v) is 6.10. The normalized spacial score (nSPS) is 10.9. The zero-order valence-electron chi connectivity index (χ0n) is 10.4. The first-order valence-electron chi connectivity index (χ1n) is 5.72. The van der Waals surface area contributed by atoms with Gasteiger partial charge in [-0.05, 0) is 18.2 Å². The molecule has 1 aromatic carbocycles. The van der Waals surface area contributed by atoms with Crippen LogP contribution in [0.2, 0.25) is 5.15 Å². The number of halogens is 2. The van der Waals surface area contributed by atoms with E-state index < -0.39 is 11.8 Å². The van der Waals surface area contributed by atoms with Crippen molar-refractivity contribution in [2.45, 2.75) is 0 Å². The van der Waals surface area contributed by atoms with Gasteiger partial charge in [-0.25, -0.2) is 14.2 Å². The van der Waals surface area contributed by atoms with Crippen LogP contribution in [0.25, 0.3) is 21.7 Å². The van der Waals surface area contributed by atoms with Crippen LogP contribution in [0, 0.1) is 5.82 Å². The summed E-state index contributed by atoms with van der Waals surface area (Å²) in [5.74, 6) is -1.21. The number of carbonyl (C=O) groups excluding carboxylic acids is 1. The number of hydrogen-bond donors (Lipinski definition) is 0. The molecule has 0 radical (unpaired) electrons. The Bertz CT molecular complexity index is 851. The number of nitrogens with zero attached hydrogens (tertiary/aromatic N) is 2. The van der Waals surface area contributed by atoms with Gasteiger partial charge in [-0.3, -0.25) is 4.98 Å². The number of pyridine rings is 2.